The average molecular weight is 271 g/mol. The summed E-state index contributed by atoms with van der Waals surface area (Å²) in [6, 6.07) is 18.8. The fraction of sp³-hybridized carbons (Fsp3) is 0.0625. The Kier molecular flexibility index (Phi) is 3.10. The lowest BCUT2D eigenvalue weighted by Crippen LogP contribution is -2.02. The molecule has 0 aromatic heterocycles. The van der Waals surface area contributed by atoms with Crippen molar-refractivity contribution in [2.45, 2.75) is 6.10 Å². The molecule has 2 nitrogen and oxygen atoms in total. The Morgan fingerprint density at radius 1 is 0.895 bits per heavy atom. The highest BCUT2D eigenvalue weighted by molar-refractivity contribution is 6.40. The summed E-state index contributed by atoms with van der Waals surface area (Å²) < 4.78 is 5.38. The molecule has 1 atom stereocenters. The van der Waals surface area contributed by atoms with Gasteiger partial charge in [-0.05, 0) is 11.1 Å². The smallest absolute Gasteiger partial charge is 0.341 e. The van der Waals surface area contributed by atoms with E-state index in [1.54, 1.807) is 0 Å². The average Bonchev–Trinajstić information content (AvgIpc) is 2.76. The molecule has 1 aliphatic rings. The summed E-state index contributed by atoms with van der Waals surface area (Å²) in [5.74, 6) is -0.370. The van der Waals surface area contributed by atoms with Gasteiger partial charge in [0.2, 0.25) is 0 Å². The second-order valence-electron chi connectivity index (χ2n) is 4.28. The molecule has 0 amide bonds. The Morgan fingerprint density at radius 3 is 2.11 bits per heavy atom. The number of carbonyl (C=O) groups excluding carboxylic acids is 1. The number of esters is 1. The van der Waals surface area contributed by atoms with Crippen LogP contribution in [0.4, 0.5) is 0 Å². The van der Waals surface area contributed by atoms with Gasteiger partial charge in [-0.1, -0.05) is 72.3 Å². The minimum Gasteiger partial charge on any atom is -0.448 e. The molecule has 0 spiro atoms. The van der Waals surface area contributed by atoms with Gasteiger partial charge in [0.05, 0.1) is 10.6 Å². The fourth-order valence-electron chi connectivity index (χ4n) is 2.15. The lowest BCUT2D eigenvalue weighted by molar-refractivity contribution is -0.138. The molecule has 0 aliphatic carbocycles. The number of ether oxygens (including phenoxy) is 1. The summed E-state index contributed by atoms with van der Waals surface area (Å²) in [6.07, 6.45) is -0.495. The standard InChI is InChI=1S/C16H11ClO2/c17-14-13(11-7-3-1-4-8-11)16(18)19-15(14)12-9-5-2-6-10-12/h1-10,15H. The topological polar surface area (TPSA) is 26.3 Å². The summed E-state index contributed by atoms with van der Waals surface area (Å²) in [5, 5.41) is 0.447. The highest BCUT2D eigenvalue weighted by Gasteiger charge is 2.34. The van der Waals surface area contributed by atoms with Crippen LogP contribution in [0.5, 0.6) is 0 Å². The first kappa shape index (κ1) is 12.0. The van der Waals surface area contributed by atoms with Crippen LogP contribution < -0.4 is 0 Å². The second-order valence-corrected chi connectivity index (χ2v) is 4.69. The summed E-state index contributed by atoms with van der Waals surface area (Å²) in [5.41, 5.74) is 2.12. The molecule has 0 N–H and O–H groups in total. The third-order valence-electron chi connectivity index (χ3n) is 3.06. The summed E-state index contributed by atoms with van der Waals surface area (Å²) in [6.45, 7) is 0. The molecule has 3 heteroatoms. The van der Waals surface area contributed by atoms with Crippen LogP contribution in [0.15, 0.2) is 65.7 Å². The summed E-state index contributed by atoms with van der Waals surface area (Å²) >= 11 is 6.34. The van der Waals surface area contributed by atoms with Crippen LogP contribution in [-0.2, 0) is 9.53 Å². The van der Waals surface area contributed by atoms with E-state index >= 15 is 0 Å². The zero-order valence-corrected chi connectivity index (χ0v) is 10.8. The normalized spacial score (nSPS) is 18.6. The van der Waals surface area contributed by atoms with Gasteiger partial charge in [-0.25, -0.2) is 4.79 Å². The van der Waals surface area contributed by atoms with Gasteiger partial charge < -0.3 is 4.74 Å². The van der Waals surface area contributed by atoms with E-state index < -0.39 is 6.10 Å². The molecule has 3 rings (SSSR count). The summed E-state index contributed by atoms with van der Waals surface area (Å²) in [4.78, 5) is 12.0. The molecule has 2 aromatic carbocycles. The van der Waals surface area contributed by atoms with Crippen molar-refractivity contribution in [2.24, 2.45) is 0 Å². The van der Waals surface area contributed by atoms with Crippen molar-refractivity contribution in [1.82, 2.24) is 0 Å². The van der Waals surface area contributed by atoms with E-state index in [0.29, 0.717) is 10.6 Å². The molecular formula is C16H11ClO2. The Hall–Kier alpha value is -2.06. The van der Waals surface area contributed by atoms with E-state index in [2.05, 4.69) is 0 Å². The van der Waals surface area contributed by atoms with Crippen LogP contribution >= 0.6 is 11.6 Å². The Morgan fingerprint density at radius 2 is 1.47 bits per heavy atom. The first-order valence-corrected chi connectivity index (χ1v) is 6.36. The van der Waals surface area contributed by atoms with Crippen molar-refractivity contribution in [1.29, 1.82) is 0 Å². The lowest BCUT2D eigenvalue weighted by atomic mass is 10.0. The number of hydrogen-bond acceptors (Lipinski definition) is 2. The quantitative estimate of drug-likeness (QED) is 0.773. The predicted octanol–water partition coefficient (Wildman–Crippen LogP) is 3.93. The van der Waals surface area contributed by atoms with Crippen LogP contribution in [0.3, 0.4) is 0 Å². The highest BCUT2D eigenvalue weighted by atomic mass is 35.5. The summed E-state index contributed by atoms with van der Waals surface area (Å²) in [7, 11) is 0. The molecule has 94 valence electrons. The van der Waals surface area contributed by atoms with Crippen LogP contribution in [0, 0.1) is 0 Å². The van der Waals surface area contributed by atoms with Crippen molar-refractivity contribution in [2.75, 3.05) is 0 Å². The SMILES string of the molecule is O=C1OC(c2ccccc2)C(Cl)=C1c1ccccc1. The van der Waals surface area contributed by atoms with Crippen molar-refractivity contribution in [3.05, 3.63) is 76.8 Å². The van der Waals surface area contributed by atoms with E-state index in [0.717, 1.165) is 11.1 Å². The molecule has 1 heterocycles. The Balaban J connectivity index is 2.05. The number of halogens is 1. The van der Waals surface area contributed by atoms with Crippen LogP contribution in [0.1, 0.15) is 17.2 Å². The largest absolute Gasteiger partial charge is 0.448 e. The van der Waals surface area contributed by atoms with E-state index in [9.17, 15) is 4.79 Å². The molecule has 0 saturated carbocycles. The molecule has 0 fully saturated rings. The van der Waals surface area contributed by atoms with Gasteiger partial charge in [-0.15, -0.1) is 0 Å². The molecule has 19 heavy (non-hydrogen) atoms. The van der Waals surface area contributed by atoms with Gasteiger partial charge in [0.25, 0.3) is 0 Å². The van der Waals surface area contributed by atoms with Crippen LogP contribution in [-0.4, -0.2) is 5.97 Å². The van der Waals surface area contributed by atoms with Crippen molar-refractivity contribution < 1.29 is 9.53 Å². The molecule has 0 bridgehead atoms. The lowest BCUT2D eigenvalue weighted by Gasteiger charge is -2.09. The second kappa shape index (κ2) is 4.90. The number of benzene rings is 2. The van der Waals surface area contributed by atoms with E-state index in [1.807, 2.05) is 60.7 Å². The Labute approximate surface area is 116 Å². The van der Waals surface area contributed by atoms with E-state index in [-0.39, 0.29) is 5.97 Å². The van der Waals surface area contributed by atoms with Crippen LogP contribution in [0.2, 0.25) is 0 Å². The molecular weight excluding hydrogens is 260 g/mol. The maximum Gasteiger partial charge on any atom is 0.341 e. The molecule has 2 aromatic rings. The zero-order valence-electron chi connectivity index (χ0n) is 10.0. The Bertz CT molecular complexity index is 632. The van der Waals surface area contributed by atoms with Gasteiger partial charge >= 0.3 is 5.97 Å². The monoisotopic (exact) mass is 270 g/mol. The van der Waals surface area contributed by atoms with E-state index in [1.165, 1.54) is 0 Å². The molecule has 1 aliphatic heterocycles. The highest BCUT2D eigenvalue weighted by Crippen LogP contribution is 2.41. The maximum atomic E-state index is 12.0. The maximum absolute atomic E-state index is 12.0. The predicted molar refractivity (Wildman–Crippen MR) is 74.5 cm³/mol. The van der Waals surface area contributed by atoms with Crippen molar-refractivity contribution >= 4 is 23.1 Å². The third-order valence-corrected chi connectivity index (χ3v) is 3.45. The van der Waals surface area contributed by atoms with Crippen LogP contribution in [0.25, 0.3) is 5.57 Å². The third kappa shape index (κ3) is 2.15. The molecule has 1 unspecified atom stereocenters. The van der Waals surface area contributed by atoms with E-state index in [4.69, 9.17) is 16.3 Å². The number of carbonyl (C=O) groups is 1. The molecule has 0 radical (unpaired) electrons. The van der Waals surface area contributed by atoms with Gasteiger partial charge in [-0.2, -0.15) is 0 Å². The van der Waals surface area contributed by atoms with Crippen molar-refractivity contribution in [3.8, 4) is 0 Å². The van der Waals surface area contributed by atoms with Crippen molar-refractivity contribution in [3.63, 3.8) is 0 Å². The zero-order chi connectivity index (χ0) is 13.2. The number of rotatable bonds is 2. The minimum atomic E-state index is -0.495. The first-order chi connectivity index (χ1) is 9.27. The molecule has 0 saturated heterocycles. The van der Waals surface area contributed by atoms with Gasteiger partial charge in [0.1, 0.15) is 0 Å². The number of cyclic esters (lactones) is 1. The van der Waals surface area contributed by atoms with Gasteiger partial charge in [-0.3, -0.25) is 0 Å². The van der Waals surface area contributed by atoms with Gasteiger partial charge in [0, 0.05) is 0 Å². The minimum absolute atomic E-state index is 0.370. The fourth-order valence-corrected chi connectivity index (χ4v) is 2.51. The first-order valence-electron chi connectivity index (χ1n) is 5.98. The number of hydrogen-bond donors (Lipinski definition) is 0. The van der Waals surface area contributed by atoms with Gasteiger partial charge in [0.15, 0.2) is 6.10 Å².